The standard InChI is InChI=1S/C13H23N5O2S/c1-8(7-19)17(2)12(20)10-11(15)16-13(21-10)18-5-3-4-9(14)6-18/h8-9,19H,3-7,14-15H2,1-2H3. The van der Waals surface area contributed by atoms with E-state index in [4.69, 9.17) is 16.6 Å². The number of hydrogen-bond acceptors (Lipinski definition) is 7. The summed E-state index contributed by atoms with van der Waals surface area (Å²) in [6, 6.07) is -0.119. The first kappa shape index (κ1) is 16.0. The molecule has 1 aliphatic rings. The second kappa shape index (κ2) is 6.59. The van der Waals surface area contributed by atoms with E-state index in [0.29, 0.717) is 4.88 Å². The zero-order valence-corrected chi connectivity index (χ0v) is 13.3. The molecular weight excluding hydrogens is 290 g/mol. The van der Waals surface area contributed by atoms with Gasteiger partial charge in [0, 0.05) is 26.2 Å². The van der Waals surface area contributed by atoms with E-state index < -0.39 is 0 Å². The molecule has 7 nitrogen and oxygen atoms in total. The Balaban J connectivity index is 2.17. The van der Waals surface area contributed by atoms with Crippen LogP contribution in [0.3, 0.4) is 0 Å². The number of thiazole rings is 1. The summed E-state index contributed by atoms with van der Waals surface area (Å²) in [5.74, 6) is 0.0373. The van der Waals surface area contributed by atoms with Gasteiger partial charge in [-0.15, -0.1) is 0 Å². The minimum absolute atomic E-state index is 0.0885. The number of amides is 1. The molecule has 8 heteroatoms. The lowest BCUT2D eigenvalue weighted by Gasteiger charge is -2.30. The van der Waals surface area contributed by atoms with E-state index in [1.165, 1.54) is 16.2 Å². The number of rotatable bonds is 4. The highest BCUT2D eigenvalue weighted by atomic mass is 32.1. The first-order valence-electron chi connectivity index (χ1n) is 7.08. The zero-order chi connectivity index (χ0) is 15.6. The van der Waals surface area contributed by atoms with E-state index >= 15 is 0 Å². The quantitative estimate of drug-likeness (QED) is 0.728. The summed E-state index contributed by atoms with van der Waals surface area (Å²) in [7, 11) is 1.65. The summed E-state index contributed by atoms with van der Waals surface area (Å²) < 4.78 is 0. The van der Waals surface area contributed by atoms with E-state index in [0.717, 1.165) is 31.1 Å². The molecule has 0 aliphatic carbocycles. The number of nitrogens with zero attached hydrogens (tertiary/aromatic N) is 3. The van der Waals surface area contributed by atoms with Crippen LogP contribution >= 0.6 is 11.3 Å². The van der Waals surface area contributed by atoms with Gasteiger partial charge in [0.15, 0.2) is 5.13 Å². The molecular formula is C13H23N5O2S. The molecule has 1 aliphatic heterocycles. The molecule has 2 heterocycles. The van der Waals surface area contributed by atoms with Crippen LogP contribution in [0.15, 0.2) is 0 Å². The molecule has 0 bridgehead atoms. The van der Waals surface area contributed by atoms with Crippen LogP contribution in [0.4, 0.5) is 10.9 Å². The van der Waals surface area contributed by atoms with Crippen molar-refractivity contribution in [2.24, 2.45) is 5.73 Å². The monoisotopic (exact) mass is 313 g/mol. The lowest BCUT2D eigenvalue weighted by Crippen LogP contribution is -2.42. The van der Waals surface area contributed by atoms with Crippen molar-refractivity contribution < 1.29 is 9.90 Å². The highest BCUT2D eigenvalue weighted by Gasteiger charge is 2.26. The largest absolute Gasteiger partial charge is 0.394 e. The Morgan fingerprint density at radius 2 is 2.38 bits per heavy atom. The summed E-state index contributed by atoms with van der Waals surface area (Å²) in [4.78, 5) is 20.7. The smallest absolute Gasteiger partial charge is 0.267 e. The maximum Gasteiger partial charge on any atom is 0.267 e. The molecule has 1 aromatic rings. The Morgan fingerprint density at radius 3 is 3.00 bits per heavy atom. The van der Waals surface area contributed by atoms with Crippen LogP contribution < -0.4 is 16.4 Å². The van der Waals surface area contributed by atoms with Crippen molar-refractivity contribution in [2.45, 2.75) is 31.8 Å². The molecule has 1 aromatic heterocycles. The average molecular weight is 313 g/mol. The number of aliphatic hydroxyl groups excluding tert-OH is 1. The van der Waals surface area contributed by atoms with Crippen LogP contribution in [-0.4, -0.2) is 59.7 Å². The summed E-state index contributed by atoms with van der Waals surface area (Å²) in [6.07, 6.45) is 2.03. The van der Waals surface area contributed by atoms with Gasteiger partial charge in [0.25, 0.3) is 5.91 Å². The van der Waals surface area contributed by atoms with Gasteiger partial charge in [-0.2, -0.15) is 0 Å². The van der Waals surface area contributed by atoms with Gasteiger partial charge < -0.3 is 26.4 Å². The second-order valence-corrected chi connectivity index (χ2v) is 6.48. The molecule has 2 unspecified atom stereocenters. The lowest BCUT2D eigenvalue weighted by atomic mass is 10.1. The number of nitrogens with two attached hydrogens (primary N) is 2. The summed E-state index contributed by atoms with van der Waals surface area (Å²) >= 11 is 1.29. The van der Waals surface area contributed by atoms with Crippen LogP contribution in [0.5, 0.6) is 0 Å². The van der Waals surface area contributed by atoms with Gasteiger partial charge in [0.1, 0.15) is 10.7 Å². The SMILES string of the molecule is CC(CO)N(C)C(=O)c1sc(N2CCCC(N)C2)nc1N. The van der Waals surface area contributed by atoms with Gasteiger partial charge in [-0.1, -0.05) is 11.3 Å². The molecule has 0 radical (unpaired) electrons. The molecule has 5 N–H and O–H groups in total. The van der Waals surface area contributed by atoms with Gasteiger partial charge in [-0.05, 0) is 19.8 Å². The third kappa shape index (κ3) is 3.45. The number of nitrogen functional groups attached to an aromatic ring is 1. The van der Waals surface area contributed by atoms with Gasteiger partial charge in [-0.25, -0.2) is 4.98 Å². The van der Waals surface area contributed by atoms with Crippen LogP contribution in [0.25, 0.3) is 0 Å². The van der Waals surface area contributed by atoms with Gasteiger partial charge in [0.2, 0.25) is 0 Å². The Labute approximate surface area is 128 Å². The van der Waals surface area contributed by atoms with Crippen LogP contribution in [0.1, 0.15) is 29.4 Å². The number of likely N-dealkylation sites (N-methyl/N-ethyl adjacent to an activating group) is 1. The van der Waals surface area contributed by atoms with E-state index in [2.05, 4.69) is 9.88 Å². The Kier molecular flexibility index (Phi) is 5.02. The van der Waals surface area contributed by atoms with Crippen molar-refractivity contribution in [3.63, 3.8) is 0 Å². The van der Waals surface area contributed by atoms with E-state index in [1.807, 2.05) is 0 Å². The number of carbonyl (C=O) groups excluding carboxylic acids is 1. The summed E-state index contributed by atoms with van der Waals surface area (Å²) in [5, 5.41) is 9.90. The minimum Gasteiger partial charge on any atom is -0.394 e. The van der Waals surface area contributed by atoms with E-state index in [1.54, 1.807) is 14.0 Å². The highest BCUT2D eigenvalue weighted by molar-refractivity contribution is 7.18. The second-order valence-electron chi connectivity index (χ2n) is 5.51. The molecule has 21 heavy (non-hydrogen) atoms. The highest BCUT2D eigenvalue weighted by Crippen LogP contribution is 2.30. The summed E-state index contributed by atoms with van der Waals surface area (Å²) in [6.45, 7) is 3.31. The maximum atomic E-state index is 12.4. The maximum absolute atomic E-state index is 12.4. The molecule has 0 aromatic carbocycles. The molecule has 2 rings (SSSR count). The molecule has 0 spiro atoms. The molecule has 1 saturated heterocycles. The lowest BCUT2D eigenvalue weighted by molar-refractivity contribution is 0.0688. The topological polar surface area (TPSA) is 109 Å². The van der Waals surface area contributed by atoms with Crippen LogP contribution in [0, 0.1) is 0 Å². The zero-order valence-electron chi connectivity index (χ0n) is 12.5. The number of piperidine rings is 1. The van der Waals surface area contributed by atoms with Crippen molar-refractivity contribution in [2.75, 3.05) is 37.4 Å². The van der Waals surface area contributed by atoms with Crippen LogP contribution in [-0.2, 0) is 0 Å². The van der Waals surface area contributed by atoms with E-state index in [-0.39, 0.29) is 30.4 Å². The molecule has 1 fully saturated rings. The molecule has 118 valence electrons. The van der Waals surface area contributed by atoms with Crippen molar-refractivity contribution >= 4 is 28.2 Å². The number of aliphatic hydroxyl groups is 1. The van der Waals surface area contributed by atoms with Crippen molar-refractivity contribution in [1.82, 2.24) is 9.88 Å². The first-order chi connectivity index (χ1) is 9.93. The minimum atomic E-state index is -0.258. The fourth-order valence-electron chi connectivity index (χ4n) is 2.28. The van der Waals surface area contributed by atoms with Gasteiger partial charge in [0.05, 0.1) is 12.6 Å². The fraction of sp³-hybridized carbons (Fsp3) is 0.692. The molecule has 0 saturated carbocycles. The predicted molar refractivity (Wildman–Crippen MR) is 84.6 cm³/mol. The number of anilines is 2. The van der Waals surface area contributed by atoms with Crippen LogP contribution in [0.2, 0.25) is 0 Å². The van der Waals surface area contributed by atoms with Gasteiger partial charge >= 0.3 is 0 Å². The third-order valence-electron chi connectivity index (χ3n) is 3.81. The van der Waals surface area contributed by atoms with Crippen molar-refractivity contribution in [1.29, 1.82) is 0 Å². The first-order valence-corrected chi connectivity index (χ1v) is 7.90. The summed E-state index contributed by atoms with van der Waals surface area (Å²) in [5.41, 5.74) is 11.9. The normalized spacial score (nSPS) is 20.4. The van der Waals surface area contributed by atoms with Crippen molar-refractivity contribution in [3.05, 3.63) is 4.88 Å². The molecule has 1 amide bonds. The fourth-order valence-corrected chi connectivity index (χ4v) is 3.28. The van der Waals surface area contributed by atoms with Crippen molar-refractivity contribution in [3.8, 4) is 0 Å². The van der Waals surface area contributed by atoms with E-state index in [9.17, 15) is 4.79 Å². The number of carbonyl (C=O) groups is 1. The molecule has 2 atom stereocenters. The number of hydrogen-bond donors (Lipinski definition) is 3. The predicted octanol–water partition coefficient (Wildman–Crippen LogP) is 0.106. The number of aromatic nitrogens is 1. The van der Waals surface area contributed by atoms with Gasteiger partial charge in [-0.3, -0.25) is 4.79 Å². The Bertz CT molecular complexity index is 507. The third-order valence-corrected chi connectivity index (χ3v) is 4.93. The Morgan fingerprint density at radius 1 is 1.67 bits per heavy atom. The average Bonchev–Trinajstić information content (AvgIpc) is 2.87. The Hall–Kier alpha value is -1.38.